The van der Waals surface area contributed by atoms with Gasteiger partial charge in [-0.2, -0.15) is 0 Å². The van der Waals surface area contributed by atoms with Gasteiger partial charge in [0, 0.05) is 12.0 Å². The number of nitrogens with one attached hydrogen (secondary N) is 1. The predicted octanol–water partition coefficient (Wildman–Crippen LogP) is -0.964. The minimum atomic E-state index is -0.783. The minimum Gasteiger partial charge on any atom is -0.379 e. The van der Waals surface area contributed by atoms with Crippen LogP contribution in [0.4, 0.5) is 5.82 Å². The molecule has 2 amide bonds. The smallest absolute Gasteiger partial charge is 0.277 e. The van der Waals surface area contributed by atoms with Crippen molar-refractivity contribution in [2.45, 2.75) is 25.8 Å². The zero-order chi connectivity index (χ0) is 12.3. The number of nitrogens with two attached hydrogens (primary N) is 2. The molecule has 0 aromatic carbocycles. The molecular formula is C8H13N5O3. The van der Waals surface area contributed by atoms with Crippen molar-refractivity contribution in [1.82, 2.24) is 15.6 Å². The van der Waals surface area contributed by atoms with Crippen molar-refractivity contribution < 1.29 is 14.2 Å². The monoisotopic (exact) mass is 227 g/mol. The van der Waals surface area contributed by atoms with E-state index in [2.05, 4.69) is 20.3 Å². The maximum Gasteiger partial charge on any atom is 0.277 e. The van der Waals surface area contributed by atoms with E-state index in [-0.39, 0.29) is 17.9 Å². The molecule has 1 aromatic heterocycles. The number of amides is 2. The second-order valence-electron chi connectivity index (χ2n) is 3.98. The van der Waals surface area contributed by atoms with Crippen LogP contribution in [0, 0.1) is 0 Å². The summed E-state index contributed by atoms with van der Waals surface area (Å²) in [6.07, 6.45) is 0.00389. The van der Waals surface area contributed by atoms with Gasteiger partial charge in [0.25, 0.3) is 5.91 Å². The van der Waals surface area contributed by atoms with Crippen LogP contribution < -0.4 is 16.8 Å². The Kier molecular flexibility index (Phi) is 3.11. The minimum absolute atomic E-state index is 0.00389. The number of carbonyl (C=O) groups excluding carboxylic acids is 2. The maximum absolute atomic E-state index is 11.6. The molecule has 0 aliphatic heterocycles. The number of nitrogen functional groups attached to an aromatic ring is 1. The standard InChI is InChI=1S/C8H13N5O3/c1-8(2,3-4(9)14)11-7(15)5-6(10)13-16-12-5/h3H2,1-2H3,(H2,9,14)(H2,10,13)(H,11,15). The van der Waals surface area contributed by atoms with Crippen LogP contribution in [0.1, 0.15) is 30.8 Å². The van der Waals surface area contributed by atoms with Crippen molar-refractivity contribution in [3.63, 3.8) is 0 Å². The highest BCUT2D eigenvalue weighted by Crippen LogP contribution is 2.11. The predicted molar refractivity (Wildman–Crippen MR) is 54.1 cm³/mol. The molecule has 5 N–H and O–H groups in total. The van der Waals surface area contributed by atoms with Crippen LogP contribution in [-0.2, 0) is 4.79 Å². The van der Waals surface area contributed by atoms with Gasteiger partial charge in [0.15, 0.2) is 0 Å². The fraction of sp³-hybridized carbons (Fsp3) is 0.500. The molecular weight excluding hydrogens is 214 g/mol. The van der Waals surface area contributed by atoms with Crippen molar-refractivity contribution >= 4 is 17.6 Å². The van der Waals surface area contributed by atoms with Gasteiger partial charge in [-0.1, -0.05) is 0 Å². The van der Waals surface area contributed by atoms with E-state index in [0.29, 0.717) is 0 Å². The molecule has 16 heavy (non-hydrogen) atoms. The zero-order valence-corrected chi connectivity index (χ0v) is 8.98. The van der Waals surface area contributed by atoms with E-state index < -0.39 is 17.4 Å². The first-order valence-corrected chi connectivity index (χ1v) is 4.51. The second-order valence-corrected chi connectivity index (χ2v) is 3.98. The fourth-order valence-electron chi connectivity index (χ4n) is 1.20. The Balaban J connectivity index is 2.71. The summed E-state index contributed by atoms with van der Waals surface area (Å²) in [5.74, 6) is -1.19. The Labute approximate surface area is 91.3 Å². The lowest BCUT2D eigenvalue weighted by atomic mass is 10.00. The second kappa shape index (κ2) is 4.17. The van der Waals surface area contributed by atoms with Gasteiger partial charge >= 0.3 is 0 Å². The molecule has 0 bridgehead atoms. The van der Waals surface area contributed by atoms with Crippen molar-refractivity contribution in [3.05, 3.63) is 5.69 Å². The van der Waals surface area contributed by atoms with E-state index in [9.17, 15) is 9.59 Å². The topological polar surface area (TPSA) is 137 Å². The quantitative estimate of drug-likeness (QED) is 0.605. The highest BCUT2D eigenvalue weighted by Gasteiger charge is 2.26. The lowest BCUT2D eigenvalue weighted by molar-refractivity contribution is -0.119. The Morgan fingerprint density at radius 3 is 2.50 bits per heavy atom. The maximum atomic E-state index is 11.6. The third kappa shape index (κ3) is 2.94. The van der Waals surface area contributed by atoms with Crippen LogP contribution in [0.5, 0.6) is 0 Å². The van der Waals surface area contributed by atoms with Crippen LogP contribution >= 0.6 is 0 Å². The average Bonchev–Trinajstić information content (AvgIpc) is 2.47. The fourth-order valence-corrected chi connectivity index (χ4v) is 1.20. The van der Waals surface area contributed by atoms with E-state index in [4.69, 9.17) is 11.5 Å². The number of nitrogens with zero attached hydrogens (tertiary/aromatic N) is 2. The normalized spacial score (nSPS) is 11.1. The first-order valence-electron chi connectivity index (χ1n) is 4.51. The molecule has 0 saturated carbocycles. The summed E-state index contributed by atoms with van der Waals surface area (Å²) in [4.78, 5) is 22.4. The molecule has 1 aromatic rings. The molecule has 0 radical (unpaired) electrons. The number of primary amides is 1. The van der Waals surface area contributed by atoms with Gasteiger partial charge in [-0.05, 0) is 24.2 Å². The summed E-state index contributed by atoms with van der Waals surface area (Å²) in [7, 11) is 0. The Morgan fingerprint density at radius 2 is 2.06 bits per heavy atom. The largest absolute Gasteiger partial charge is 0.379 e. The van der Waals surface area contributed by atoms with E-state index in [1.165, 1.54) is 0 Å². The average molecular weight is 227 g/mol. The van der Waals surface area contributed by atoms with Crippen molar-refractivity contribution in [1.29, 1.82) is 0 Å². The molecule has 0 unspecified atom stereocenters. The molecule has 1 heterocycles. The molecule has 0 atom stereocenters. The summed E-state index contributed by atoms with van der Waals surface area (Å²) in [6, 6.07) is 0. The number of rotatable bonds is 4. The number of hydrogen-bond acceptors (Lipinski definition) is 6. The molecule has 88 valence electrons. The summed E-state index contributed by atoms with van der Waals surface area (Å²) < 4.78 is 4.28. The van der Waals surface area contributed by atoms with E-state index in [1.807, 2.05) is 0 Å². The molecule has 0 aliphatic carbocycles. The third-order valence-corrected chi connectivity index (χ3v) is 1.80. The summed E-state index contributed by atoms with van der Waals surface area (Å²) in [5.41, 5.74) is 9.49. The van der Waals surface area contributed by atoms with Gasteiger partial charge in [-0.25, -0.2) is 4.63 Å². The van der Waals surface area contributed by atoms with Gasteiger partial charge < -0.3 is 16.8 Å². The van der Waals surface area contributed by atoms with Gasteiger partial charge in [0.05, 0.1) is 0 Å². The first kappa shape index (κ1) is 12.0. The van der Waals surface area contributed by atoms with Crippen LogP contribution in [0.25, 0.3) is 0 Å². The van der Waals surface area contributed by atoms with Crippen LogP contribution in [-0.4, -0.2) is 27.7 Å². The van der Waals surface area contributed by atoms with Gasteiger partial charge in [-0.15, -0.1) is 0 Å². The summed E-state index contributed by atoms with van der Waals surface area (Å²) in [5, 5.41) is 9.16. The van der Waals surface area contributed by atoms with Crippen LogP contribution in [0.15, 0.2) is 4.63 Å². The van der Waals surface area contributed by atoms with E-state index in [0.717, 1.165) is 0 Å². The molecule has 1 rings (SSSR count). The SMILES string of the molecule is CC(C)(CC(N)=O)NC(=O)c1nonc1N. The highest BCUT2D eigenvalue weighted by molar-refractivity contribution is 5.96. The van der Waals surface area contributed by atoms with Gasteiger partial charge in [0.1, 0.15) is 0 Å². The summed E-state index contributed by atoms with van der Waals surface area (Å²) in [6.45, 7) is 3.30. The Hall–Kier alpha value is -2.12. The van der Waals surface area contributed by atoms with Gasteiger partial charge in [-0.3, -0.25) is 9.59 Å². The number of hydrogen-bond donors (Lipinski definition) is 3. The third-order valence-electron chi connectivity index (χ3n) is 1.80. The highest BCUT2D eigenvalue weighted by atomic mass is 16.6. The molecule has 0 spiro atoms. The van der Waals surface area contributed by atoms with E-state index in [1.54, 1.807) is 13.8 Å². The number of aromatic nitrogens is 2. The molecule has 0 fully saturated rings. The Morgan fingerprint density at radius 1 is 1.44 bits per heavy atom. The Bertz CT molecular complexity index is 412. The van der Waals surface area contributed by atoms with Crippen LogP contribution in [0.2, 0.25) is 0 Å². The van der Waals surface area contributed by atoms with Crippen molar-refractivity contribution in [2.24, 2.45) is 5.73 Å². The van der Waals surface area contributed by atoms with Crippen molar-refractivity contribution in [3.8, 4) is 0 Å². The molecule has 0 saturated heterocycles. The molecule has 0 aliphatic rings. The number of anilines is 1. The van der Waals surface area contributed by atoms with E-state index >= 15 is 0 Å². The lowest BCUT2D eigenvalue weighted by Crippen LogP contribution is -2.46. The zero-order valence-electron chi connectivity index (χ0n) is 8.98. The van der Waals surface area contributed by atoms with Crippen molar-refractivity contribution in [2.75, 3.05) is 5.73 Å². The first-order chi connectivity index (χ1) is 7.32. The molecule has 8 heteroatoms. The molecule has 8 nitrogen and oxygen atoms in total. The lowest BCUT2D eigenvalue weighted by Gasteiger charge is -2.23. The number of carbonyl (C=O) groups is 2. The van der Waals surface area contributed by atoms with Crippen LogP contribution in [0.3, 0.4) is 0 Å². The van der Waals surface area contributed by atoms with Gasteiger partial charge in [0.2, 0.25) is 17.4 Å². The summed E-state index contributed by atoms with van der Waals surface area (Å²) >= 11 is 0.